The number of aliphatic hydroxyl groups is 1. The molecule has 0 aliphatic heterocycles. The van der Waals surface area contributed by atoms with Crippen molar-refractivity contribution in [2.24, 2.45) is 11.8 Å². The number of nitrogens with zero attached hydrogens (tertiary/aromatic N) is 1. The fourth-order valence-corrected chi connectivity index (χ4v) is 4.75. The molecule has 232 valence electrons. The number of alkyl halides is 3. The molecule has 1 saturated carbocycles. The molecular weight excluding hydrogens is 570 g/mol. The van der Waals surface area contributed by atoms with Gasteiger partial charge >= 0.3 is 6.18 Å². The molecule has 0 aromatic heterocycles. The second-order valence-corrected chi connectivity index (χ2v) is 10.9. The van der Waals surface area contributed by atoms with E-state index in [2.05, 4.69) is 23.8 Å². The van der Waals surface area contributed by atoms with Crippen LogP contribution in [0.15, 0.2) is 103 Å². The monoisotopic (exact) mass is 607 g/mol. The van der Waals surface area contributed by atoms with Gasteiger partial charge in [-0.05, 0) is 78.6 Å². The van der Waals surface area contributed by atoms with Crippen LogP contribution in [0.3, 0.4) is 0 Å². The Bertz CT molecular complexity index is 1510. The first kappa shape index (κ1) is 34.1. The topological polar surface area (TPSA) is 85.2 Å². The number of halogens is 4. The van der Waals surface area contributed by atoms with Crippen molar-refractivity contribution in [3.63, 3.8) is 0 Å². The largest absolute Gasteiger partial charge is 0.415 e. The number of anilines is 2. The number of carbonyl (C=O) groups excluding carboxylic acids is 1. The Balaban J connectivity index is 2.05. The van der Waals surface area contributed by atoms with Crippen LogP contribution >= 0.6 is 0 Å². The molecule has 3 N–H and O–H groups in total. The van der Waals surface area contributed by atoms with Gasteiger partial charge in [-0.3, -0.25) is 4.79 Å². The lowest BCUT2D eigenvalue weighted by molar-refractivity contribution is -0.112. The summed E-state index contributed by atoms with van der Waals surface area (Å²) in [6.07, 6.45) is 6.61. The number of hydrogen-bond donors (Lipinski definition) is 3. The number of nitriles is 1. The highest BCUT2D eigenvalue weighted by Gasteiger charge is 2.38. The van der Waals surface area contributed by atoms with Crippen molar-refractivity contribution in [1.82, 2.24) is 0 Å². The van der Waals surface area contributed by atoms with Gasteiger partial charge in [0.1, 0.15) is 17.1 Å². The van der Waals surface area contributed by atoms with Crippen LogP contribution in [0.2, 0.25) is 0 Å². The molecule has 2 aromatic carbocycles. The van der Waals surface area contributed by atoms with Crippen molar-refractivity contribution in [3.8, 4) is 6.07 Å². The summed E-state index contributed by atoms with van der Waals surface area (Å²) >= 11 is 0. The second-order valence-electron chi connectivity index (χ2n) is 10.9. The van der Waals surface area contributed by atoms with Crippen molar-refractivity contribution < 1.29 is 27.5 Å². The number of hydrogen-bond acceptors (Lipinski definition) is 4. The molecule has 1 aliphatic carbocycles. The van der Waals surface area contributed by atoms with Crippen LogP contribution in [-0.4, -0.2) is 17.2 Å². The number of benzene rings is 2. The summed E-state index contributed by atoms with van der Waals surface area (Å²) in [7, 11) is 0. The van der Waals surface area contributed by atoms with Crippen molar-refractivity contribution in [1.29, 1.82) is 5.26 Å². The minimum atomic E-state index is -4.83. The lowest BCUT2D eigenvalue weighted by atomic mass is 9.75. The van der Waals surface area contributed by atoms with E-state index in [1.54, 1.807) is 18.2 Å². The third kappa shape index (κ3) is 9.04. The van der Waals surface area contributed by atoms with Crippen molar-refractivity contribution >= 4 is 17.3 Å². The standard InChI is InChI=1S/C35H37F4N3O2/c1-5-7-8-12-29(23(3)6-2)34(44,18-17-25-13-14-25)27-15-16-30(36)31(21-27)42-33(43)32(19-24(4)35(37,38)39)41-28-11-9-10-26(20-28)22-40/h5,7-12,15-16,19-21,23,25,41,44H,1,4,6,13-14,17-18H2,2-3H3,(H,42,43)/b8-7-,29-12+,32-19-. The fourth-order valence-electron chi connectivity index (χ4n) is 4.75. The van der Waals surface area contributed by atoms with E-state index >= 15 is 4.39 Å². The van der Waals surface area contributed by atoms with E-state index in [0.717, 1.165) is 31.7 Å². The van der Waals surface area contributed by atoms with Crippen molar-refractivity contribution in [2.75, 3.05) is 10.6 Å². The van der Waals surface area contributed by atoms with E-state index < -0.39 is 34.8 Å². The van der Waals surface area contributed by atoms with Gasteiger partial charge in [0, 0.05) is 5.69 Å². The number of amides is 1. The summed E-state index contributed by atoms with van der Waals surface area (Å²) in [6, 6.07) is 11.6. The van der Waals surface area contributed by atoms with Crippen LogP contribution in [0, 0.1) is 29.0 Å². The Kier molecular flexibility index (Phi) is 11.5. The maximum absolute atomic E-state index is 15.2. The first-order chi connectivity index (χ1) is 20.8. The molecule has 0 saturated heterocycles. The van der Waals surface area contributed by atoms with Crippen LogP contribution in [0.5, 0.6) is 0 Å². The molecular formula is C35H37F4N3O2. The van der Waals surface area contributed by atoms with E-state index in [1.165, 1.54) is 36.4 Å². The Morgan fingerprint density at radius 2 is 1.91 bits per heavy atom. The zero-order chi connectivity index (χ0) is 32.5. The molecule has 0 bridgehead atoms. The van der Waals surface area contributed by atoms with Gasteiger partial charge in [-0.2, -0.15) is 18.4 Å². The zero-order valence-electron chi connectivity index (χ0n) is 24.8. The van der Waals surface area contributed by atoms with Crippen molar-refractivity contribution in [3.05, 3.63) is 120 Å². The molecule has 1 fully saturated rings. The van der Waals surface area contributed by atoms with Crippen LogP contribution in [-0.2, 0) is 10.4 Å². The minimum absolute atomic E-state index is 0.0481. The highest BCUT2D eigenvalue weighted by atomic mass is 19.4. The van der Waals surface area contributed by atoms with E-state index in [9.17, 15) is 28.3 Å². The van der Waals surface area contributed by atoms with Crippen LogP contribution in [0.4, 0.5) is 28.9 Å². The Labute approximate surface area is 256 Å². The molecule has 1 amide bonds. The Morgan fingerprint density at radius 3 is 2.52 bits per heavy atom. The maximum atomic E-state index is 15.2. The molecule has 0 radical (unpaired) electrons. The smallest absolute Gasteiger partial charge is 0.381 e. The summed E-state index contributed by atoms with van der Waals surface area (Å²) in [5.74, 6) is -1.48. The van der Waals surface area contributed by atoms with E-state index in [1.807, 2.05) is 26.0 Å². The third-order valence-corrected chi connectivity index (χ3v) is 7.65. The van der Waals surface area contributed by atoms with Crippen LogP contribution < -0.4 is 10.6 Å². The summed E-state index contributed by atoms with van der Waals surface area (Å²) in [5.41, 5.74) is -2.29. The Morgan fingerprint density at radius 1 is 1.18 bits per heavy atom. The first-order valence-corrected chi connectivity index (χ1v) is 14.4. The van der Waals surface area contributed by atoms with Gasteiger partial charge in [0.2, 0.25) is 0 Å². The Hall–Kier alpha value is -4.42. The van der Waals surface area contributed by atoms with Gasteiger partial charge < -0.3 is 15.7 Å². The summed E-state index contributed by atoms with van der Waals surface area (Å²) in [4.78, 5) is 13.4. The number of carbonyl (C=O) groups is 1. The van der Waals surface area contributed by atoms with E-state index in [-0.39, 0.29) is 22.9 Å². The normalized spacial score (nSPS) is 16.1. The highest BCUT2D eigenvalue weighted by molar-refractivity contribution is 6.06. The van der Waals surface area contributed by atoms with Gasteiger partial charge in [0.25, 0.3) is 5.91 Å². The van der Waals surface area contributed by atoms with Gasteiger partial charge in [-0.25, -0.2) is 4.39 Å². The predicted octanol–water partition coefficient (Wildman–Crippen LogP) is 8.84. The average molecular weight is 608 g/mol. The fraction of sp³-hybridized carbons (Fsp3) is 0.314. The van der Waals surface area contributed by atoms with E-state index in [4.69, 9.17) is 0 Å². The molecule has 2 aromatic rings. The molecule has 1 aliphatic rings. The first-order valence-electron chi connectivity index (χ1n) is 14.4. The zero-order valence-corrected chi connectivity index (χ0v) is 24.8. The maximum Gasteiger partial charge on any atom is 0.415 e. The molecule has 9 heteroatoms. The van der Waals surface area contributed by atoms with Gasteiger partial charge in [-0.1, -0.05) is 76.3 Å². The summed E-state index contributed by atoms with van der Waals surface area (Å²) in [5, 5.41) is 26.4. The molecule has 5 nitrogen and oxygen atoms in total. The third-order valence-electron chi connectivity index (χ3n) is 7.65. The number of nitrogens with one attached hydrogen (secondary N) is 2. The molecule has 2 atom stereocenters. The average Bonchev–Trinajstić information content (AvgIpc) is 3.83. The van der Waals surface area contributed by atoms with Crippen LogP contribution in [0.25, 0.3) is 0 Å². The molecule has 3 rings (SSSR count). The van der Waals surface area contributed by atoms with Crippen molar-refractivity contribution in [2.45, 2.75) is 57.7 Å². The summed E-state index contributed by atoms with van der Waals surface area (Å²) in [6.45, 7) is 10.7. The molecule has 44 heavy (non-hydrogen) atoms. The molecule has 0 heterocycles. The predicted molar refractivity (Wildman–Crippen MR) is 166 cm³/mol. The number of allylic oxidation sites excluding steroid dienone is 6. The number of rotatable bonds is 14. The lowest BCUT2D eigenvalue weighted by Gasteiger charge is -2.35. The quantitative estimate of drug-likeness (QED) is 0.114. The SMILES string of the molecule is C=C/C=C\C=C(/C(C)CC)C(O)(CCC1CC1)c1ccc(F)c(NC(=O)/C(=C/C(=C)C(F)(F)F)Nc2cccc(C#N)c2)c1. The molecule has 0 spiro atoms. The summed E-state index contributed by atoms with van der Waals surface area (Å²) < 4.78 is 55.3. The van der Waals surface area contributed by atoms with E-state index in [0.29, 0.717) is 29.6 Å². The van der Waals surface area contributed by atoms with Crippen LogP contribution in [0.1, 0.15) is 57.1 Å². The van der Waals surface area contributed by atoms with Gasteiger partial charge in [0.15, 0.2) is 0 Å². The van der Waals surface area contributed by atoms with Gasteiger partial charge in [-0.15, -0.1) is 0 Å². The second kappa shape index (κ2) is 14.8. The highest BCUT2D eigenvalue weighted by Crippen LogP contribution is 2.44. The van der Waals surface area contributed by atoms with Gasteiger partial charge in [0.05, 0.1) is 22.9 Å². The minimum Gasteiger partial charge on any atom is -0.381 e. The molecule has 2 unspecified atom stereocenters. The lowest BCUT2D eigenvalue weighted by Crippen LogP contribution is -2.32.